The Morgan fingerprint density at radius 3 is 2.56 bits per heavy atom. The second-order valence-electron chi connectivity index (χ2n) is 7.72. The number of benzene rings is 2. The van der Waals surface area contributed by atoms with Crippen molar-refractivity contribution in [2.45, 2.75) is 30.8 Å². The minimum Gasteiger partial charge on any atom is -0.486 e. The molecular weight excluding hydrogens is 424 g/mol. The van der Waals surface area contributed by atoms with Gasteiger partial charge in [0.25, 0.3) is 0 Å². The molecule has 0 spiro atoms. The van der Waals surface area contributed by atoms with Crippen molar-refractivity contribution in [1.82, 2.24) is 9.55 Å². The number of carbonyl (C=O) groups excluding carboxylic acids is 1. The van der Waals surface area contributed by atoms with Crippen molar-refractivity contribution < 1.29 is 14.3 Å². The Bertz CT molecular complexity index is 1100. The molecular formula is C24H28N4O3S. The van der Waals surface area contributed by atoms with Crippen LogP contribution in [-0.2, 0) is 11.3 Å². The highest BCUT2D eigenvalue weighted by Gasteiger charge is 2.20. The minimum absolute atomic E-state index is 0.0564. The maximum absolute atomic E-state index is 12.8. The Balaban J connectivity index is 1.47. The molecule has 0 saturated carbocycles. The lowest BCUT2D eigenvalue weighted by Gasteiger charge is -2.19. The van der Waals surface area contributed by atoms with Crippen LogP contribution in [0.15, 0.2) is 53.8 Å². The number of anilines is 2. The van der Waals surface area contributed by atoms with Crippen LogP contribution in [-0.4, -0.2) is 48.0 Å². The summed E-state index contributed by atoms with van der Waals surface area (Å²) >= 11 is 1.45. The number of thioether (sulfide) groups is 1. The summed E-state index contributed by atoms with van der Waals surface area (Å²) in [7, 11) is 3.97. The first-order valence-corrected chi connectivity index (χ1v) is 11.5. The molecule has 1 aliphatic rings. The standard InChI is InChI=1S/C24H28N4O3S/c1-5-28-20(17-6-11-21-22(14-17)31-13-12-30-21)15-25-24(28)32-16(2)23(29)26-18-7-9-19(10-8-18)27(3)4/h6-11,14-16H,5,12-13H2,1-4H3,(H,26,29)/t16-/m1/s1. The fraction of sp³-hybridized carbons (Fsp3) is 0.333. The molecule has 4 rings (SSSR count). The lowest BCUT2D eigenvalue weighted by molar-refractivity contribution is -0.115. The molecule has 168 valence electrons. The van der Waals surface area contributed by atoms with Gasteiger partial charge < -0.3 is 24.3 Å². The predicted octanol–water partition coefficient (Wildman–Crippen LogP) is 4.53. The number of aromatic nitrogens is 2. The lowest BCUT2D eigenvalue weighted by atomic mass is 10.1. The number of carbonyl (C=O) groups is 1. The maximum atomic E-state index is 12.8. The van der Waals surface area contributed by atoms with Gasteiger partial charge in [0, 0.05) is 37.6 Å². The van der Waals surface area contributed by atoms with Crippen LogP contribution < -0.4 is 19.7 Å². The molecule has 0 unspecified atom stereocenters. The third-order valence-corrected chi connectivity index (χ3v) is 6.38. The van der Waals surface area contributed by atoms with Crippen molar-refractivity contribution in [3.8, 4) is 22.8 Å². The van der Waals surface area contributed by atoms with Gasteiger partial charge in [-0.05, 0) is 56.3 Å². The quantitative estimate of drug-likeness (QED) is 0.532. The summed E-state index contributed by atoms with van der Waals surface area (Å²) in [6, 6.07) is 13.7. The number of nitrogens with one attached hydrogen (secondary N) is 1. The molecule has 3 aromatic rings. The average Bonchev–Trinajstić information content (AvgIpc) is 3.21. The van der Waals surface area contributed by atoms with Gasteiger partial charge in [-0.3, -0.25) is 4.79 Å². The van der Waals surface area contributed by atoms with E-state index in [1.807, 2.05) is 74.6 Å². The molecule has 0 aliphatic carbocycles. The van der Waals surface area contributed by atoms with E-state index in [4.69, 9.17) is 9.47 Å². The van der Waals surface area contributed by atoms with Crippen LogP contribution in [0.1, 0.15) is 13.8 Å². The second-order valence-corrected chi connectivity index (χ2v) is 9.03. The molecule has 1 aliphatic heterocycles. The van der Waals surface area contributed by atoms with Crippen LogP contribution in [0.4, 0.5) is 11.4 Å². The largest absolute Gasteiger partial charge is 0.486 e. The molecule has 0 radical (unpaired) electrons. The number of nitrogens with zero attached hydrogens (tertiary/aromatic N) is 3. The third kappa shape index (κ3) is 4.70. The lowest BCUT2D eigenvalue weighted by Crippen LogP contribution is -2.23. The van der Waals surface area contributed by atoms with E-state index in [0.29, 0.717) is 13.2 Å². The van der Waals surface area contributed by atoms with Gasteiger partial charge in [0.1, 0.15) is 13.2 Å². The van der Waals surface area contributed by atoms with Crippen LogP contribution in [0.25, 0.3) is 11.3 Å². The molecule has 2 heterocycles. The molecule has 7 nitrogen and oxygen atoms in total. The molecule has 0 fully saturated rings. The summed E-state index contributed by atoms with van der Waals surface area (Å²) in [5.74, 6) is 1.46. The van der Waals surface area contributed by atoms with Crippen LogP contribution in [0.3, 0.4) is 0 Å². The third-order valence-electron chi connectivity index (χ3n) is 5.28. The fourth-order valence-electron chi connectivity index (χ4n) is 3.49. The summed E-state index contributed by atoms with van der Waals surface area (Å²) in [5.41, 5.74) is 3.86. The number of fused-ring (bicyclic) bond motifs is 1. The Morgan fingerprint density at radius 1 is 1.16 bits per heavy atom. The zero-order chi connectivity index (χ0) is 22.7. The van der Waals surface area contributed by atoms with Crippen molar-refractivity contribution in [3.05, 3.63) is 48.7 Å². The van der Waals surface area contributed by atoms with Crippen LogP contribution in [0.2, 0.25) is 0 Å². The molecule has 8 heteroatoms. The Morgan fingerprint density at radius 2 is 1.88 bits per heavy atom. The first-order valence-electron chi connectivity index (χ1n) is 10.7. The number of amides is 1. The molecule has 1 aromatic heterocycles. The highest BCUT2D eigenvalue weighted by atomic mass is 32.2. The van der Waals surface area contributed by atoms with Crippen molar-refractivity contribution in [1.29, 1.82) is 0 Å². The number of hydrogen-bond donors (Lipinski definition) is 1. The van der Waals surface area contributed by atoms with Gasteiger partial charge >= 0.3 is 0 Å². The second kappa shape index (κ2) is 9.56. The van der Waals surface area contributed by atoms with Gasteiger partial charge in [-0.15, -0.1) is 0 Å². The summed E-state index contributed by atoms with van der Waals surface area (Å²) < 4.78 is 13.5. The topological polar surface area (TPSA) is 68.6 Å². The molecule has 32 heavy (non-hydrogen) atoms. The van der Waals surface area contributed by atoms with E-state index in [2.05, 4.69) is 21.8 Å². The van der Waals surface area contributed by atoms with E-state index in [0.717, 1.165) is 45.8 Å². The van der Waals surface area contributed by atoms with Gasteiger partial charge in [0.05, 0.1) is 17.1 Å². The maximum Gasteiger partial charge on any atom is 0.237 e. The highest BCUT2D eigenvalue weighted by Crippen LogP contribution is 2.36. The first kappa shape index (κ1) is 22.1. The van der Waals surface area contributed by atoms with Gasteiger partial charge in [0.2, 0.25) is 5.91 Å². The van der Waals surface area contributed by atoms with Crippen LogP contribution in [0.5, 0.6) is 11.5 Å². The first-order chi connectivity index (χ1) is 15.5. The van der Waals surface area contributed by atoms with Crippen molar-refractivity contribution in [2.75, 3.05) is 37.5 Å². The Hall–Kier alpha value is -3.13. The Labute approximate surface area is 192 Å². The fourth-order valence-corrected chi connectivity index (χ4v) is 4.44. The number of rotatable bonds is 7. The SMILES string of the molecule is CCn1c(-c2ccc3c(c2)OCCO3)cnc1S[C@H](C)C(=O)Nc1ccc(N(C)C)cc1. The smallest absolute Gasteiger partial charge is 0.237 e. The van der Waals surface area contributed by atoms with Gasteiger partial charge in [-0.25, -0.2) is 4.98 Å². The molecule has 0 saturated heterocycles. The van der Waals surface area contributed by atoms with Crippen molar-refractivity contribution in [3.63, 3.8) is 0 Å². The van der Waals surface area contributed by atoms with Crippen LogP contribution >= 0.6 is 11.8 Å². The van der Waals surface area contributed by atoms with Crippen LogP contribution in [0, 0.1) is 0 Å². The summed E-state index contributed by atoms with van der Waals surface area (Å²) in [5, 5.41) is 3.50. The molecule has 0 bridgehead atoms. The van der Waals surface area contributed by atoms with E-state index in [-0.39, 0.29) is 11.2 Å². The number of imidazole rings is 1. The van der Waals surface area contributed by atoms with E-state index in [9.17, 15) is 4.79 Å². The number of hydrogen-bond acceptors (Lipinski definition) is 6. The predicted molar refractivity (Wildman–Crippen MR) is 129 cm³/mol. The monoisotopic (exact) mass is 452 g/mol. The van der Waals surface area contributed by atoms with Gasteiger partial charge in [-0.2, -0.15) is 0 Å². The highest BCUT2D eigenvalue weighted by molar-refractivity contribution is 8.00. The minimum atomic E-state index is -0.302. The summed E-state index contributed by atoms with van der Waals surface area (Å²) in [6.45, 7) is 5.83. The molecule has 1 amide bonds. The number of ether oxygens (including phenoxy) is 2. The van der Waals surface area contributed by atoms with E-state index >= 15 is 0 Å². The Kier molecular flexibility index (Phi) is 6.60. The van der Waals surface area contributed by atoms with Crippen molar-refractivity contribution >= 4 is 29.0 Å². The van der Waals surface area contributed by atoms with Gasteiger partial charge in [-0.1, -0.05) is 11.8 Å². The van der Waals surface area contributed by atoms with E-state index < -0.39 is 0 Å². The van der Waals surface area contributed by atoms with Crippen molar-refractivity contribution in [2.24, 2.45) is 0 Å². The molecule has 1 atom stereocenters. The normalized spacial score (nSPS) is 13.5. The average molecular weight is 453 g/mol. The van der Waals surface area contributed by atoms with E-state index in [1.54, 1.807) is 0 Å². The van der Waals surface area contributed by atoms with E-state index in [1.165, 1.54) is 11.8 Å². The molecule has 2 aromatic carbocycles. The summed E-state index contributed by atoms with van der Waals surface area (Å²) in [4.78, 5) is 19.4. The molecule has 1 N–H and O–H groups in total. The van der Waals surface area contributed by atoms with Gasteiger partial charge in [0.15, 0.2) is 16.7 Å². The zero-order valence-corrected chi connectivity index (χ0v) is 19.6. The zero-order valence-electron chi connectivity index (χ0n) is 18.8. The summed E-state index contributed by atoms with van der Waals surface area (Å²) in [6.07, 6.45) is 1.85.